The lowest BCUT2D eigenvalue weighted by Crippen LogP contribution is -2.37. The number of hydrogen-bond acceptors (Lipinski definition) is 7. The number of rotatable bonds is 7. The largest absolute Gasteiger partial charge is 0.497 e. The molecule has 2 heterocycles. The Hall–Kier alpha value is -3.59. The quantitative estimate of drug-likeness (QED) is 0.595. The average Bonchev–Trinajstić information content (AvgIpc) is 3.23. The summed E-state index contributed by atoms with van der Waals surface area (Å²) in [5, 5.41) is 5.28. The maximum Gasteiger partial charge on any atom is 0.338 e. The average molecular weight is 482 g/mol. The molecule has 0 aliphatic carbocycles. The van der Waals surface area contributed by atoms with E-state index in [4.69, 9.17) is 9.47 Å². The molecule has 0 fully saturated rings. The van der Waals surface area contributed by atoms with Crippen LogP contribution in [0.3, 0.4) is 0 Å². The van der Waals surface area contributed by atoms with Crippen LogP contribution in [0.4, 0.5) is 4.39 Å². The zero-order valence-electron chi connectivity index (χ0n) is 19.0. The molecular weight excluding hydrogens is 457 g/mol. The third-order valence-corrected chi connectivity index (χ3v) is 6.48. The van der Waals surface area contributed by atoms with E-state index < -0.39 is 12.0 Å². The highest BCUT2D eigenvalue weighted by molar-refractivity contribution is 8.16. The molecule has 0 radical (unpaired) electrons. The van der Waals surface area contributed by atoms with Gasteiger partial charge in [-0.15, -0.1) is 0 Å². The SMILES string of the molecule is COC(=O)C1=C(C)N=C2SC=C(CC(=O)NCc3ccccc3F)N2C1c1cccc(OC)c1. The highest BCUT2D eigenvalue weighted by Crippen LogP contribution is 2.45. The van der Waals surface area contributed by atoms with E-state index in [2.05, 4.69) is 10.3 Å². The number of amides is 1. The van der Waals surface area contributed by atoms with Gasteiger partial charge >= 0.3 is 5.97 Å². The number of benzene rings is 2. The second kappa shape index (κ2) is 10.1. The van der Waals surface area contributed by atoms with E-state index in [1.165, 1.54) is 24.9 Å². The van der Waals surface area contributed by atoms with Crippen molar-refractivity contribution in [2.24, 2.45) is 4.99 Å². The van der Waals surface area contributed by atoms with Gasteiger partial charge in [-0.2, -0.15) is 0 Å². The number of amidine groups is 1. The Labute approximate surface area is 201 Å². The predicted molar refractivity (Wildman–Crippen MR) is 128 cm³/mol. The molecule has 7 nitrogen and oxygen atoms in total. The minimum Gasteiger partial charge on any atom is -0.497 e. The molecule has 4 rings (SSSR count). The molecule has 1 amide bonds. The molecule has 34 heavy (non-hydrogen) atoms. The number of fused-ring (bicyclic) bond motifs is 1. The molecule has 2 aliphatic rings. The number of halogens is 1. The summed E-state index contributed by atoms with van der Waals surface area (Å²) in [5.74, 6) is -0.492. The Morgan fingerprint density at radius 2 is 1.97 bits per heavy atom. The summed E-state index contributed by atoms with van der Waals surface area (Å²) in [6.45, 7) is 1.85. The summed E-state index contributed by atoms with van der Waals surface area (Å²) >= 11 is 1.38. The maximum absolute atomic E-state index is 13.9. The van der Waals surface area contributed by atoms with Gasteiger partial charge in [0.25, 0.3) is 0 Å². The van der Waals surface area contributed by atoms with E-state index in [1.807, 2.05) is 34.6 Å². The summed E-state index contributed by atoms with van der Waals surface area (Å²) in [5.41, 5.74) is 2.83. The standard InChI is InChI=1S/C25H24FN3O4S/c1-15-22(24(31)33-3)23(16-8-6-9-19(11-16)32-2)29-18(14-34-25(29)28-15)12-21(30)27-13-17-7-4-5-10-20(17)26/h4-11,14,23H,12-13H2,1-3H3,(H,27,30). The number of carbonyl (C=O) groups excluding carboxylic acids is 2. The topological polar surface area (TPSA) is 80.2 Å². The number of hydrogen-bond donors (Lipinski definition) is 1. The van der Waals surface area contributed by atoms with Crippen LogP contribution in [0.1, 0.15) is 30.5 Å². The van der Waals surface area contributed by atoms with Gasteiger partial charge in [-0.1, -0.05) is 42.1 Å². The molecule has 0 saturated carbocycles. The molecule has 176 valence electrons. The van der Waals surface area contributed by atoms with Gasteiger partial charge in [0.05, 0.1) is 38.0 Å². The lowest BCUT2D eigenvalue weighted by molar-refractivity contribution is -0.136. The minimum atomic E-state index is -0.546. The summed E-state index contributed by atoms with van der Waals surface area (Å²) in [6, 6.07) is 13.2. The molecule has 0 bridgehead atoms. The first-order valence-electron chi connectivity index (χ1n) is 10.6. The number of allylic oxidation sites excluding steroid dienone is 1. The van der Waals surface area contributed by atoms with Crippen molar-refractivity contribution in [1.82, 2.24) is 10.2 Å². The monoisotopic (exact) mass is 481 g/mol. The van der Waals surface area contributed by atoms with Gasteiger partial charge in [-0.25, -0.2) is 14.2 Å². The van der Waals surface area contributed by atoms with Crippen LogP contribution in [0.2, 0.25) is 0 Å². The van der Waals surface area contributed by atoms with Crippen molar-refractivity contribution in [2.45, 2.75) is 25.9 Å². The van der Waals surface area contributed by atoms with Crippen LogP contribution in [-0.4, -0.2) is 36.2 Å². The van der Waals surface area contributed by atoms with Gasteiger partial charge in [0.15, 0.2) is 5.17 Å². The van der Waals surface area contributed by atoms with Gasteiger partial charge in [0.2, 0.25) is 5.91 Å². The van der Waals surface area contributed by atoms with Gasteiger partial charge in [-0.05, 0) is 36.1 Å². The van der Waals surface area contributed by atoms with E-state index in [9.17, 15) is 14.0 Å². The van der Waals surface area contributed by atoms with Gasteiger partial charge < -0.3 is 19.7 Å². The third kappa shape index (κ3) is 4.70. The zero-order valence-corrected chi connectivity index (χ0v) is 19.8. The summed E-state index contributed by atoms with van der Waals surface area (Å²) < 4.78 is 24.4. The number of thioether (sulfide) groups is 1. The third-order valence-electron chi connectivity index (χ3n) is 5.59. The molecule has 0 spiro atoms. The maximum atomic E-state index is 13.9. The summed E-state index contributed by atoms with van der Waals surface area (Å²) in [6.07, 6.45) is 0.0362. The number of nitrogens with zero attached hydrogens (tertiary/aromatic N) is 2. The molecule has 1 unspecified atom stereocenters. The van der Waals surface area contributed by atoms with Crippen molar-refractivity contribution in [3.63, 3.8) is 0 Å². The highest BCUT2D eigenvalue weighted by Gasteiger charge is 2.41. The summed E-state index contributed by atoms with van der Waals surface area (Å²) in [7, 11) is 2.91. The van der Waals surface area contributed by atoms with Crippen LogP contribution in [0.25, 0.3) is 0 Å². The predicted octanol–water partition coefficient (Wildman–Crippen LogP) is 4.29. The zero-order chi connectivity index (χ0) is 24.2. The second-order valence-corrected chi connectivity index (χ2v) is 8.54. The molecular formula is C25H24FN3O4S. The van der Waals surface area contributed by atoms with Crippen molar-refractivity contribution in [1.29, 1.82) is 0 Å². The van der Waals surface area contributed by atoms with E-state index in [-0.39, 0.29) is 24.7 Å². The Morgan fingerprint density at radius 1 is 1.18 bits per heavy atom. The molecule has 2 aromatic rings. The number of ether oxygens (including phenoxy) is 2. The lowest BCUT2D eigenvalue weighted by atomic mass is 9.93. The van der Waals surface area contributed by atoms with Crippen molar-refractivity contribution in [3.05, 3.63) is 87.9 Å². The smallest absolute Gasteiger partial charge is 0.338 e. The number of carbonyl (C=O) groups is 2. The van der Waals surface area contributed by atoms with Crippen LogP contribution >= 0.6 is 11.8 Å². The first-order chi connectivity index (χ1) is 16.4. The van der Waals surface area contributed by atoms with Crippen LogP contribution in [0.5, 0.6) is 5.75 Å². The molecule has 0 aromatic heterocycles. The lowest BCUT2D eigenvalue weighted by Gasteiger charge is -2.36. The molecule has 0 saturated heterocycles. The number of methoxy groups -OCH3 is 2. The second-order valence-electron chi connectivity index (χ2n) is 7.71. The number of esters is 1. The van der Waals surface area contributed by atoms with E-state index in [1.54, 1.807) is 32.2 Å². The Kier molecular flexibility index (Phi) is 7.02. The van der Waals surface area contributed by atoms with Crippen molar-refractivity contribution >= 4 is 28.8 Å². The van der Waals surface area contributed by atoms with Crippen molar-refractivity contribution in [3.8, 4) is 5.75 Å². The van der Waals surface area contributed by atoms with E-state index >= 15 is 0 Å². The Balaban J connectivity index is 1.61. The molecule has 1 atom stereocenters. The van der Waals surface area contributed by atoms with Crippen molar-refractivity contribution in [2.75, 3.05) is 14.2 Å². The van der Waals surface area contributed by atoms with Crippen LogP contribution in [0, 0.1) is 5.82 Å². The van der Waals surface area contributed by atoms with Gasteiger partial charge in [-0.3, -0.25) is 4.79 Å². The molecule has 2 aromatic carbocycles. The highest BCUT2D eigenvalue weighted by atomic mass is 32.2. The van der Waals surface area contributed by atoms with Gasteiger partial charge in [0.1, 0.15) is 11.6 Å². The normalized spacial score (nSPS) is 17.1. The Bertz CT molecular complexity index is 1220. The van der Waals surface area contributed by atoms with Crippen molar-refractivity contribution < 1.29 is 23.5 Å². The number of aliphatic imine (C=N–C) groups is 1. The number of nitrogens with one attached hydrogen (secondary N) is 1. The first-order valence-corrected chi connectivity index (χ1v) is 11.5. The Morgan fingerprint density at radius 3 is 2.71 bits per heavy atom. The minimum absolute atomic E-state index is 0.0362. The van der Waals surface area contributed by atoms with Crippen LogP contribution in [-0.2, 0) is 20.9 Å². The first kappa shape index (κ1) is 23.6. The van der Waals surface area contributed by atoms with E-state index in [0.717, 1.165) is 5.56 Å². The molecule has 9 heteroatoms. The molecule has 2 aliphatic heterocycles. The fourth-order valence-corrected chi connectivity index (χ4v) is 4.89. The molecule has 1 N–H and O–H groups in total. The fraction of sp³-hybridized carbons (Fsp3) is 0.240. The summed E-state index contributed by atoms with van der Waals surface area (Å²) in [4.78, 5) is 32.0. The van der Waals surface area contributed by atoms with E-state index in [0.29, 0.717) is 33.4 Å². The fourth-order valence-electron chi connectivity index (χ4n) is 3.93. The van der Waals surface area contributed by atoms with Crippen LogP contribution in [0.15, 0.2) is 75.9 Å². The van der Waals surface area contributed by atoms with Gasteiger partial charge in [0, 0.05) is 17.8 Å². The van der Waals surface area contributed by atoms with Crippen LogP contribution < -0.4 is 10.1 Å².